The Balaban J connectivity index is 2.88. The fourth-order valence-corrected chi connectivity index (χ4v) is 2.27. The first-order valence-electron chi connectivity index (χ1n) is 6.15. The van der Waals surface area contributed by atoms with E-state index in [0.29, 0.717) is 5.56 Å². The van der Waals surface area contributed by atoms with E-state index in [0.717, 1.165) is 12.1 Å². The fourth-order valence-electron chi connectivity index (χ4n) is 1.31. The van der Waals surface area contributed by atoms with Crippen LogP contribution in [-0.2, 0) is 11.0 Å². The largest absolute Gasteiger partial charge is 0.413 e. The average Bonchev–Trinajstić information content (AvgIpc) is 2.24. The summed E-state index contributed by atoms with van der Waals surface area (Å²) in [5.74, 6) is -1.69. The number of hydrogen-bond acceptors (Lipinski definition) is 2. The molecular formula is C14H20F2O2Si. The molecule has 0 aliphatic carbocycles. The lowest BCUT2D eigenvalue weighted by Gasteiger charge is -2.36. The molecule has 0 unspecified atom stereocenters. The standard InChI is InChI=1S/C14H20F2O2Si/c1-14(2,3)19(4,5)18-9-10-6-12(15)11(8-17)13(16)7-10/h6-8H,9H2,1-5H3. The summed E-state index contributed by atoms with van der Waals surface area (Å²) < 4.78 is 32.8. The van der Waals surface area contributed by atoms with Crippen LogP contribution in [0.2, 0.25) is 18.1 Å². The van der Waals surface area contributed by atoms with Gasteiger partial charge in [0.1, 0.15) is 11.6 Å². The van der Waals surface area contributed by atoms with Gasteiger partial charge in [0, 0.05) is 0 Å². The van der Waals surface area contributed by atoms with Gasteiger partial charge < -0.3 is 4.43 Å². The highest BCUT2D eigenvalue weighted by molar-refractivity contribution is 6.74. The van der Waals surface area contributed by atoms with Gasteiger partial charge in [-0.2, -0.15) is 0 Å². The van der Waals surface area contributed by atoms with Crippen LogP contribution in [0.3, 0.4) is 0 Å². The zero-order chi connectivity index (χ0) is 14.8. The second kappa shape index (κ2) is 5.51. The van der Waals surface area contributed by atoms with Crippen LogP contribution in [-0.4, -0.2) is 14.6 Å². The minimum absolute atomic E-state index is 0.0345. The Bertz CT molecular complexity index is 456. The zero-order valence-corrected chi connectivity index (χ0v) is 13.0. The van der Waals surface area contributed by atoms with Crippen molar-refractivity contribution in [3.63, 3.8) is 0 Å². The molecule has 0 aromatic heterocycles. The van der Waals surface area contributed by atoms with Crippen LogP contribution in [0.1, 0.15) is 36.7 Å². The van der Waals surface area contributed by atoms with Crippen molar-refractivity contribution in [1.29, 1.82) is 0 Å². The van der Waals surface area contributed by atoms with Crippen molar-refractivity contribution in [3.05, 3.63) is 34.9 Å². The molecular weight excluding hydrogens is 266 g/mol. The molecule has 0 N–H and O–H groups in total. The summed E-state index contributed by atoms with van der Waals surface area (Å²) in [6.07, 6.45) is 0.184. The number of aldehydes is 1. The first-order valence-corrected chi connectivity index (χ1v) is 9.06. The minimum Gasteiger partial charge on any atom is -0.413 e. The van der Waals surface area contributed by atoms with E-state index >= 15 is 0 Å². The van der Waals surface area contributed by atoms with E-state index in [2.05, 4.69) is 33.9 Å². The number of rotatable bonds is 4. The summed E-state index contributed by atoms with van der Waals surface area (Å²) in [5, 5.41) is 0.0345. The van der Waals surface area contributed by atoms with E-state index < -0.39 is 25.5 Å². The lowest BCUT2D eigenvalue weighted by atomic mass is 10.1. The first kappa shape index (κ1) is 16.0. The Morgan fingerprint density at radius 3 is 2.05 bits per heavy atom. The van der Waals surface area contributed by atoms with E-state index in [1.54, 1.807) is 0 Å². The van der Waals surface area contributed by atoms with Crippen LogP contribution in [0.25, 0.3) is 0 Å². The highest BCUT2D eigenvalue weighted by Gasteiger charge is 2.37. The Labute approximate surface area is 113 Å². The predicted octanol–water partition coefficient (Wildman–Crippen LogP) is 4.30. The van der Waals surface area contributed by atoms with Gasteiger partial charge in [-0.15, -0.1) is 0 Å². The molecule has 19 heavy (non-hydrogen) atoms. The summed E-state index contributed by atoms with van der Waals surface area (Å²) in [4.78, 5) is 10.5. The van der Waals surface area contributed by atoms with Crippen LogP contribution in [0, 0.1) is 11.6 Å². The quantitative estimate of drug-likeness (QED) is 0.609. The fraction of sp³-hybridized carbons (Fsp3) is 0.500. The van der Waals surface area contributed by atoms with E-state index in [1.807, 2.05) is 0 Å². The van der Waals surface area contributed by atoms with E-state index in [1.165, 1.54) is 0 Å². The van der Waals surface area contributed by atoms with Crippen LogP contribution in [0.5, 0.6) is 0 Å². The molecule has 1 rings (SSSR count). The van der Waals surface area contributed by atoms with Gasteiger partial charge in [-0.1, -0.05) is 20.8 Å². The van der Waals surface area contributed by atoms with Crippen LogP contribution >= 0.6 is 0 Å². The van der Waals surface area contributed by atoms with Gasteiger partial charge in [-0.05, 0) is 35.8 Å². The van der Waals surface area contributed by atoms with Crippen molar-refractivity contribution in [2.75, 3.05) is 0 Å². The number of carbonyl (C=O) groups is 1. The van der Waals surface area contributed by atoms with Gasteiger partial charge in [-0.3, -0.25) is 4.79 Å². The molecule has 1 aromatic rings. The number of halogens is 2. The van der Waals surface area contributed by atoms with Gasteiger partial charge in [0.25, 0.3) is 0 Å². The van der Waals surface area contributed by atoms with Gasteiger partial charge >= 0.3 is 0 Å². The Morgan fingerprint density at radius 1 is 1.21 bits per heavy atom. The molecule has 0 aliphatic heterocycles. The molecule has 0 bridgehead atoms. The molecule has 0 saturated heterocycles. The average molecular weight is 286 g/mol. The maximum absolute atomic E-state index is 13.4. The molecule has 1 aromatic carbocycles. The molecule has 0 atom stereocenters. The molecule has 2 nitrogen and oxygen atoms in total. The third-order valence-corrected chi connectivity index (χ3v) is 8.14. The Hall–Kier alpha value is -1.07. The van der Waals surface area contributed by atoms with Crippen LogP contribution in [0.15, 0.2) is 12.1 Å². The predicted molar refractivity (Wildman–Crippen MR) is 73.7 cm³/mol. The lowest BCUT2D eigenvalue weighted by Crippen LogP contribution is -2.40. The molecule has 0 amide bonds. The van der Waals surface area contributed by atoms with Crippen molar-refractivity contribution in [1.82, 2.24) is 0 Å². The topological polar surface area (TPSA) is 26.3 Å². The third-order valence-electron chi connectivity index (χ3n) is 3.66. The minimum atomic E-state index is -1.96. The highest BCUT2D eigenvalue weighted by Crippen LogP contribution is 2.37. The smallest absolute Gasteiger partial charge is 0.192 e. The maximum atomic E-state index is 13.4. The van der Waals surface area contributed by atoms with Crippen LogP contribution < -0.4 is 0 Å². The summed E-state index contributed by atoms with van der Waals surface area (Å²) in [7, 11) is -1.96. The van der Waals surface area contributed by atoms with Crippen molar-refractivity contribution in [2.24, 2.45) is 0 Å². The molecule has 106 valence electrons. The van der Waals surface area contributed by atoms with Crippen molar-refractivity contribution >= 4 is 14.6 Å². The molecule has 0 spiro atoms. The van der Waals surface area contributed by atoms with E-state index in [9.17, 15) is 13.6 Å². The van der Waals surface area contributed by atoms with Gasteiger partial charge in [0.2, 0.25) is 0 Å². The Morgan fingerprint density at radius 2 is 1.68 bits per heavy atom. The van der Waals surface area contributed by atoms with Gasteiger partial charge in [0.05, 0.1) is 12.2 Å². The van der Waals surface area contributed by atoms with Crippen molar-refractivity contribution in [3.8, 4) is 0 Å². The SMILES string of the molecule is CC(C)(C)[Si](C)(C)OCc1cc(F)c(C=O)c(F)c1. The van der Waals surface area contributed by atoms with Crippen molar-refractivity contribution in [2.45, 2.75) is 45.5 Å². The second-order valence-corrected chi connectivity index (χ2v) is 10.9. The van der Waals surface area contributed by atoms with Gasteiger partial charge in [-0.25, -0.2) is 8.78 Å². The normalized spacial score (nSPS) is 12.6. The molecule has 5 heteroatoms. The summed E-state index contributed by atoms with van der Waals surface area (Å²) in [5.41, 5.74) is -0.124. The third kappa shape index (κ3) is 3.70. The van der Waals surface area contributed by atoms with Gasteiger partial charge in [0.15, 0.2) is 14.6 Å². The number of benzene rings is 1. The first-order chi connectivity index (χ1) is 8.58. The molecule has 0 fully saturated rings. The summed E-state index contributed by atoms with van der Waals surface area (Å²) in [6.45, 7) is 10.6. The summed E-state index contributed by atoms with van der Waals surface area (Å²) >= 11 is 0. The second-order valence-electron chi connectivity index (χ2n) is 6.14. The van der Waals surface area contributed by atoms with E-state index in [4.69, 9.17) is 4.43 Å². The van der Waals surface area contributed by atoms with Crippen LogP contribution in [0.4, 0.5) is 8.78 Å². The van der Waals surface area contributed by atoms with E-state index in [-0.39, 0.29) is 17.9 Å². The highest BCUT2D eigenvalue weighted by atomic mass is 28.4. The number of hydrogen-bond donors (Lipinski definition) is 0. The molecule has 0 heterocycles. The monoisotopic (exact) mass is 286 g/mol. The molecule has 0 saturated carbocycles. The summed E-state index contributed by atoms with van der Waals surface area (Å²) in [6, 6.07) is 2.31. The lowest BCUT2D eigenvalue weighted by molar-refractivity contribution is 0.111. The number of carbonyl (C=O) groups excluding carboxylic acids is 1. The Kier molecular flexibility index (Phi) is 4.63. The maximum Gasteiger partial charge on any atom is 0.192 e. The van der Waals surface area contributed by atoms with Crippen molar-refractivity contribution < 1.29 is 18.0 Å². The zero-order valence-electron chi connectivity index (χ0n) is 12.0. The molecule has 0 radical (unpaired) electrons. The molecule has 0 aliphatic rings.